The summed E-state index contributed by atoms with van der Waals surface area (Å²) in [6.07, 6.45) is 1.82. The maximum absolute atomic E-state index is 13.8. The lowest BCUT2D eigenvalue weighted by Gasteiger charge is -2.12. The van der Waals surface area contributed by atoms with Crippen LogP contribution < -0.4 is 0 Å². The monoisotopic (exact) mass is 322 g/mol. The van der Waals surface area contributed by atoms with Crippen LogP contribution in [-0.4, -0.2) is 29.0 Å². The molecule has 0 saturated heterocycles. The molecule has 0 N–H and O–H groups in total. The Kier molecular flexibility index (Phi) is 3.69. The van der Waals surface area contributed by atoms with Gasteiger partial charge in [-0.05, 0) is 62.3 Å². The van der Waals surface area contributed by atoms with Crippen LogP contribution in [0.3, 0.4) is 0 Å². The number of carbonyl (C=O) groups excluding carboxylic acids is 1. The standard InChI is InChI=1S/C20H19FN2O/c1-22-11-5-8-18-17(13-22)16-12-15(21)9-10-19(16)23(18)20(24)14-6-3-2-4-7-14/h2-4,6-7,9-10,12H,5,8,11,13H2,1H3. The van der Waals surface area contributed by atoms with Gasteiger partial charge in [-0.3, -0.25) is 9.36 Å². The van der Waals surface area contributed by atoms with Gasteiger partial charge in [-0.15, -0.1) is 0 Å². The minimum atomic E-state index is -0.262. The van der Waals surface area contributed by atoms with E-state index in [-0.39, 0.29) is 11.7 Å². The number of carbonyl (C=O) groups is 1. The Morgan fingerprint density at radius 2 is 1.92 bits per heavy atom. The van der Waals surface area contributed by atoms with E-state index >= 15 is 0 Å². The first-order chi connectivity index (χ1) is 11.6. The van der Waals surface area contributed by atoms with Gasteiger partial charge in [0.2, 0.25) is 0 Å². The summed E-state index contributed by atoms with van der Waals surface area (Å²) >= 11 is 0. The Hall–Kier alpha value is -2.46. The number of aromatic nitrogens is 1. The molecule has 0 bridgehead atoms. The van der Waals surface area contributed by atoms with Gasteiger partial charge in [-0.25, -0.2) is 4.39 Å². The van der Waals surface area contributed by atoms with Gasteiger partial charge in [-0.2, -0.15) is 0 Å². The van der Waals surface area contributed by atoms with Crippen LogP contribution in [0.4, 0.5) is 4.39 Å². The Morgan fingerprint density at radius 1 is 1.12 bits per heavy atom. The van der Waals surface area contributed by atoms with Gasteiger partial charge in [0, 0.05) is 23.2 Å². The van der Waals surface area contributed by atoms with Gasteiger partial charge in [0.05, 0.1) is 5.52 Å². The molecule has 4 rings (SSSR count). The highest BCUT2D eigenvalue weighted by molar-refractivity contribution is 6.04. The summed E-state index contributed by atoms with van der Waals surface area (Å²) in [6.45, 7) is 1.72. The van der Waals surface area contributed by atoms with Gasteiger partial charge in [0.15, 0.2) is 0 Å². The van der Waals surface area contributed by atoms with E-state index in [1.54, 1.807) is 16.7 Å². The van der Waals surface area contributed by atoms with Crippen LogP contribution in [0.1, 0.15) is 28.0 Å². The summed E-state index contributed by atoms with van der Waals surface area (Å²) in [5.41, 5.74) is 3.55. The summed E-state index contributed by atoms with van der Waals surface area (Å²) in [6, 6.07) is 14.0. The Bertz CT molecular complexity index is 914. The molecule has 0 fully saturated rings. The minimum Gasteiger partial charge on any atom is -0.302 e. The molecule has 0 aliphatic carbocycles. The molecule has 1 aromatic heterocycles. The number of fused-ring (bicyclic) bond motifs is 3. The number of nitrogens with zero attached hydrogens (tertiary/aromatic N) is 2. The number of benzene rings is 2. The first kappa shape index (κ1) is 15.1. The average molecular weight is 322 g/mol. The molecule has 0 saturated carbocycles. The van der Waals surface area contributed by atoms with Crippen molar-refractivity contribution in [3.8, 4) is 0 Å². The molecule has 1 aliphatic rings. The van der Waals surface area contributed by atoms with Crippen molar-refractivity contribution in [3.63, 3.8) is 0 Å². The topological polar surface area (TPSA) is 25.2 Å². The van der Waals surface area contributed by atoms with E-state index in [0.717, 1.165) is 48.1 Å². The molecule has 3 nitrogen and oxygen atoms in total. The van der Waals surface area contributed by atoms with Crippen LogP contribution in [0.15, 0.2) is 48.5 Å². The van der Waals surface area contributed by atoms with Crippen molar-refractivity contribution in [1.82, 2.24) is 9.47 Å². The highest BCUT2D eigenvalue weighted by atomic mass is 19.1. The van der Waals surface area contributed by atoms with Crippen molar-refractivity contribution >= 4 is 16.8 Å². The highest BCUT2D eigenvalue weighted by Crippen LogP contribution is 2.31. The van der Waals surface area contributed by atoms with Crippen molar-refractivity contribution in [3.05, 3.63) is 71.2 Å². The SMILES string of the molecule is CN1CCCc2c(c3cc(F)ccc3n2C(=O)c2ccccc2)C1. The summed E-state index contributed by atoms with van der Waals surface area (Å²) in [7, 11) is 2.07. The van der Waals surface area contributed by atoms with Gasteiger partial charge in [0.1, 0.15) is 5.82 Å². The lowest BCUT2D eigenvalue weighted by Crippen LogP contribution is -2.17. The van der Waals surface area contributed by atoms with Crippen LogP contribution in [0.5, 0.6) is 0 Å². The second kappa shape index (κ2) is 5.87. The number of hydrogen-bond acceptors (Lipinski definition) is 2. The van der Waals surface area contributed by atoms with E-state index in [1.165, 1.54) is 6.07 Å². The fraction of sp³-hybridized carbons (Fsp3) is 0.250. The summed E-state index contributed by atoms with van der Waals surface area (Å²) in [4.78, 5) is 15.4. The third-order valence-electron chi connectivity index (χ3n) is 4.75. The lowest BCUT2D eigenvalue weighted by molar-refractivity contribution is 0.0962. The van der Waals surface area contributed by atoms with Crippen molar-refractivity contribution in [2.45, 2.75) is 19.4 Å². The van der Waals surface area contributed by atoms with E-state index < -0.39 is 0 Å². The molecule has 122 valence electrons. The van der Waals surface area contributed by atoms with Crippen LogP contribution in [0, 0.1) is 5.82 Å². The Balaban J connectivity index is 1.98. The molecular formula is C20H19FN2O. The zero-order valence-corrected chi connectivity index (χ0v) is 13.6. The molecule has 0 atom stereocenters. The van der Waals surface area contributed by atoms with E-state index in [2.05, 4.69) is 11.9 Å². The van der Waals surface area contributed by atoms with Gasteiger partial charge in [-0.1, -0.05) is 18.2 Å². The Morgan fingerprint density at radius 3 is 2.71 bits per heavy atom. The van der Waals surface area contributed by atoms with Crippen LogP contribution in [-0.2, 0) is 13.0 Å². The smallest absolute Gasteiger partial charge is 0.262 e. The minimum absolute atomic E-state index is 0.0435. The molecule has 1 aliphatic heterocycles. The van der Waals surface area contributed by atoms with Crippen molar-refractivity contribution in [2.24, 2.45) is 0 Å². The fourth-order valence-electron chi connectivity index (χ4n) is 3.63. The Labute approximate surface area is 140 Å². The van der Waals surface area contributed by atoms with Crippen molar-refractivity contribution < 1.29 is 9.18 Å². The predicted octanol–water partition coefficient (Wildman–Crippen LogP) is 3.85. The maximum Gasteiger partial charge on any atom is 0.262 e. The van der Waals surface area contributed by atoms with Gasteiger partial charge in [0.25, 0.3) is 5.91 Å². The van der Waals surface area contributed by atoms with E-state index in [0.29, 0.717) is 5.56 Å². The first-order valence-corrected chi connectivity index (χ1v) is 8.25. The molecule has 2 heterocycles. The van der Waals surface area contributed by atoms with E-state index in [4.69, 9.17) is 0 Å². The first-order valence-electron chi connectivity index (χ1n) is 8.25. The van der Waals surface area contributed by atoms with Crippen LogP contribution >= 0.6 is 0 Å². The highest BCUT2D eigenvalue weighted by Gasteiger charge is 2.24. The number of halogens is 1. The normalized spacial score (nSPS) is 15.2. The zero-order valence-electron chi connectivity index (χ0n) is 13.6. The molecule has 0 unspecified atom stereocenters. The van der Waals surface area contributed by atoms with Crippen molar-refractivity contribution in [1.29, 1.82) is 0 Å². The largest absolute Gasteiger partial charge is 0.302 e. The van der Waals surface area contributed by atoms with Crippen LogP contribution in [0.25, 0.3) is 10.9 Å². The molecular weight excluding hydrogens is 303 g/mol. The summed E-state index contributed by atoms with van der Waals surface area (Å²) in [5, 5.41) is 0.850. The third-order valence-corrected chi connectivity index (χ3v) is 4.75. The molecule has 0 amide bonds. The second-order valence-electron chi connectivity index (χ2n) is 6.43. The number of hydrogen-bond donors (Lipinski definition) is 0. The second-order valence-corrected chi connectivity index (χ2v) is 6.43. The summed E-state index contributed by atoms with van der Waals surface area (Å²) in [5.74, 6) is -0.306. The van der Waals surface area contributed by atoms with Gasteiger partial charge < -0.3 is 4.90 Å². The van der Waals surface area contributed by atoms with Gasteiger partial charge >= 0.3 is 0 Å². The van der Waals surface area contributed by atoms with E-state index in [9.17, 15) is 9.18 Å². The molecule has 0 radical (unpaired) electrons. The molecule has 3 aromatic rings. The van der Waals surface area contributed by atoms with Crippen LogP contribution in [0.2, 0.25) is 0 Å². The molecule has 4 heteroatoms. The molecule has 0 spiro atoms. The molecule has 24 heavy (non-hydrogen) atoms. The molecule has 2 aromatic carbocycles. The number of rotatable bonds is 1. The summed E-state index contributed by atoms with van der Waals surface area (Å²) < 4.78 is 15.6. The average Bonchev–Trinajstić information content (AvgIpc) is 2.74. The predicted molar refractivity (Wildman–Crippen MR) is 92.7 cm³/mol. The van der Waals surface area contributed by atoms with E-state index in [1.807, 2.05) is 30.3 Å². The zero-order chi connectivity index (χ0) is 16.7. The quantitative estimate of drug-likeness (QED) is 0.680. The fourth-order valence-corrected chi connectivity index (χ4v) is 3.63. The van der Waals surface area contributed by atoms with Crippen molar-refractivity contribution in [2.75, 3.05) is 13.6 Å². The third kappa shape index (κ3) is 2.43. The lowest BCUT2D eigenvalue weighted by atomic mass is 10.1. The maximum atomic E-state index is 13.8.